The van der Waals surface area contributed by atoms with Gasteiger partial charge in [-0.2, -0.15) is 0 Å². The lowest BCUT2D eigenvalue weighted by molar-refractivity contribution is 0.573. The van der Waals surface area contributed by atoms with Crippen molar-refractivity contribution in [1.82, 2.24) is 4.98 Å². The number of aromatic nitrogens is 1. The second-order valence-corrected chi connectivity index (χ2v) is 3.84. The van der Waals surface area contributed by atoms with Gasteiger partial charge in [0, 0.05) is 19.3 Å². The van der Waals surface area contributed by atoms with Crippen LogP contribution in [0.3, 0.4) is 0 Å². The fourth-order valence-corrected chi connectivity index (χ4v) is 1.96. The molecule has 4 nitrogen and oxygen atoms in total. The molecule has 1 aromatic heterocycles. The predicted molar refractivity (Wildman–Crippen MR) is 68.6 cm³/mol. The van der Waals surface area contributed by atoms with Crippen LogP contribution < -0.4 is 10.6 Å². The van der Waals surface area contributed by atoms with Crippen molar-refractivity contribution < 1.29 is 0 Å². The normalized spacial score (nSPS) is 15.4. The number of nitrogens with one attached hydrogen (secondary N) is 1. The van der Waals surface area contributed by atoms with E-state index in [4.69, 9.17) is 11.1 Å². The molecule has 0 amide bonds. The Morgan fingerprint density at radius 3 is 2.62 bits per heavy atom. The molecule has 3 N–H and O–H groups in total. The minimum Gasteiger partial charge on any atom is -0.384 e. The zero-order valence-corrected chi connectivity index (χ0v) is 9.96. The lowest BCUT2D eigenvalue weighted by atomic mass is 10.1. The van der Waals surface area contributed by atoms with Crippen LogP contribution in [0.4, 0.5) is 5.82 Å². The number of anilines is 1. The van der Waals surface area contributed by atoms with Gasteiger partial charge in [0.15, 0.2) is 0 Å². The van der Waals surface area contributed by atoms with E-state index in [9.17, 15) is 0 Å². The highest BCUT2D eigenvalue weighted by molar-refractivity contribution is 5.99. The average Bonchev–Trinajstić information content (AvgIpc) is 2.30. The molecule has 0 aliphatic carbocycles. The molecule has 0 unspecified atom stereocenters. The molecule has 5 heteroatoms. The first kappa shape index (κ1) is 12.8. The third kappa shape index (κ3) is 2.64. The van der Waals surface area contributed by atoms with Crippen molar-refractivity contribution >= 4 is 24.1 Å². The van der Waals surface area contributed by atoms with Crippen molar-refractivity contribution in [2.24, 2.45) is 5.73 Å². The molecule has 88 valence electrons. The van der Waals surface area contributed by atoms with Gasteiger partial charge in [0.1, 0.15) is 11.7 Å². The number of amidine groups is 1. The summed E-state index contributed by atoms with van der Waals surface area (Å²) in [6, 6.07) is 3.68. The summed E-state index contributed by atoms with van der Waals surface area (Å²) in [5.74, 6) is 0.966. The topological polar surface area (TPSA) is 66.0 Å². The largest absolute Gasteiger partial charge is 0.384 e. The van der Waals surface area contributed by atoms with Crippen LogP contribution in [0, 0.1) is 5.41 Å². The van der Waals surface area contributed by atoms with Gasteiger partial charge in [-0.05, 0) is 31.4 Å². The molecule has 1 aliphatic rings. The summed E-state index contributed by atoms with van der Waals surface area (Å²) in [7, 11) is 0. The molecular weight excluding hydrogens is 224 g/mol. The van der Waals surface area contributed by atoms with Gasteiger partial charge in [-0.3, -0.25) is 5.41 Å². The molecule has 0 atom stereocenters. The van der Waals surface area contributed by atoms with E-state index in [-0.39, 0.29) is 18.2 Å². The number of piperidine rings is 1. The van der Waals surface area contributed by atoms with Gasteiger partial charge in [-0.15, -0.1) is 12.4 Å². The summed E-state index contributed by atoms with van der Waals surface area (Å²) in [5.41, 5.74) is 6.29. The molecule has 1 aliphatic heterocycles. The minimum absolute atomic E-state index is 0. The van der Waals surface area contributed by atoms with Crippen LogP contribution >= 0.6 is 12.4 Å². The average molecular weight is 241 g/mol. The first-order valence-corrected chi connectivity index (χ1v) is 5.33. The second kappa shape index (κ2) is 5.70. The maximum absolute atomic E-state index is 7.51. The molecule has 2 heterocycles. The summed E-state index contributed by atoms with van der Waals surface area (Å²) in [6.07, 6.45) is 5.46. The van der Waals surface area contributed by atoms with Crippen molar-refractivity contribution in [2.75, 3.05) is 18.0 Å². The standard InChI is InChI=1S/C11H16N4.ClH/c12-10(13)9-5-4-6-14-11(9)15-7-2-1-3-8-15;/h4-6H,1-3,7-8H2,(H3,12,13);1H. The van der Waals surface area contributed by atoms with E-state index >= 15 is 0 Å². The Hall–Kier alpha value is -1.29. The number of hydrogen-bond donors (Lipinski definition) is 2. The van der Waals surface area contributed by atoms with E-state index in [1.54, 1.807) is 6.20 Å². The molecule has 0 bridgehead atoms. The minimum atomic E-state index is 0. The third-order valence-corrected chi connectivity index (χ3v) is 2.73. The molecule has 1 fully saturated rings. The molecule has 1 aromatic rings. The van der Waals surface area contributed by atoms with Crippen LogP contribution in [0.2, 0.25) is 0 Å². The first-order valence-electron chi connectivity index (χ1n) is 5.33. The summed E-state index contributed by atoms with van der Waals surface area (Å²) in [5, 5.41) is 7.51. The maximum atomic E-state index is 7.51. The quantitative estimate of drug-likeness (QED) is 0.612. The lowest BCUT2D eigenvalue weighted by Gasteiger charge is -2.29. The van der Waals surface area contributed by atoms with E-state index < -0.39 is 0 Å². The first-order chi connectivity index (χ1) is 7.29. The molecule has 2 rings (SSSR count). The maximum Gasteiger partial charge on any atom is 0.139 e. The summed E-state index contributed by atoms with van der Waals surface area (Å²) >= 11 is 0. The van der Waals surface area contributed by atoms with Gasteiger partial charge >= 0.3 is 0 Å². The van der Waals surface area contributed by atoms with Crippen LogP contribution in [0.15, 0.2) is 18.3 Å². The van der Waals surface area contributed by atoms with Gasteiger partial charge < -0.3 is 10.6 Å². The number of halogens is 1. The van der Waals surface area contributed by atoms with E-state index in [2.05, 4.69) is 9.88 Å². The van der Waals surface area contributed by atoms with Crippen LogP contribution in [0.5, 0.6) is 0 Å². The van der Waals surface area contributed by atoms with Crippen molar-refractivity contribution in [3.05, 3.63) is 23.9 Å². The van der Waals surface area contributed by atoms with E-state index in [1.165, 1.54) is 19.3 Å². The Morgan fingerprint density at radius 2 is 2.00 bits per heavy atom. The molecule has 16 heavy (non-hydrogen) atoms. The number of pyridine rings is 1. The molecule has 0 saturated carbocycles. The number of nitrogens with zero attached hydrogens (tertiary/aromatic N) is 2. The van der Waals surface area contributed by atoms with Crippen LogP contribution in [-0.2, 0) is 0 Å². The number of nitrogen functional groups attached to an aromatic ring is 1. The van der Waals surface area contributed by atoms with Crippen molar-refractivity contribution in [2.45, 2.75) is 19.3 Å². The Morgan fingerprint density at radius 1 is 1.31 bits per heavy atom. The molecule has 0 radical (unpaired) electrons. The molecular formula is C11H17ClN4. The van der Waals surface area contributed by atoms with Crippen molar-refractivity contribution in [3.8, 4) is 0 Å². The fourth-order valence-electron chi connectivity index (χ4n) is 1.96. The van der Waals surface area contributed by atoms with E-state index in [0.717, 1.165) is 24.5 Å². The van der Waals surface area contributed by atoms with Gasteiger partial charge in [-0.25, -0.2) is 4.98 Å². The number of rotatable bonds is 2. The monoisotopic (exact) mass is 240 g/mol. The van der Waals surface area contributed by atoms with Crippen LogP contribution in [0.1, 0.15) is 24.8 Å². The zero-order valence-electron chi connectivity index (χ0n) is 9.15. The van der Waals surface area contributed by atoms with Crippen molar-refractivity contribution in [3.63, 3.8) is 0 Å². The third-order valence-electron chi connectivity index (χ3n) is 2.73. The van der Waals surface area contributed by atoms with E-state index in [1.807, 2.05) is 12.1 Å². The van der Waals surface area contributed by atoms with Gasteiger partial charge in [0.05, 0.1) is 5.56 Å². The Kier molecular flexibility index (Phi) is 4.55. The van der Waals surface area contributed by atoms with Crippen molar-refractivity contribution in [1.29, 1.82) is 5.41 Å². The summed E-state index contributed by atoms with van der Waals surface area (Å²) in [6.45, 7) is 2.05. The summed E-state index contributed by atoms with van der Waals surface area (Å²) < 4.78 is 0. The lowest BCUT2D eigenvalue weighted by Crippen LogP contribution is -2.32. The highest BCUT2D eigenvalue weighted by Crippen LogP contribution is 2.20. The Bertz CT molecular complexity index is 361. The fraction of sp³-hybridized carbons (Fsp3) is 0.455. The predicted octanol–water partition coefficient (Wildman–Crippen LogP) is 1.78. The van der Waals surface area contributed by atoms with Gasteiger partial charge in [-0.1, -0.05) is 0 Å². The highest BCUT2D eigenvalue weighted by Gasteiger charge is 2.16. The van der Waals surface area contributed by atoms with E-state index in [0.29, 0.717) is 0 Å². The SMILES string of the molecule is Cl.N=C(N)c1cccnc1N1CCCCC1. The number of nitrogens with two attached hydrogens (primary N) is 1. The smallest absolute Gasteiger partial charge is 0.139 e. The highest BCUT2D eigenvalue weighted by atomic mass is 35.5. The second-order valence-electron chi connectivity index (χ2n) is 3.84. The van der Waals surface area contributed by atoms with Gasteiger partial charge in [0.2, 0.25) is 0 Å². The van der Waals surface area contributed by atoms with Gasteiger partial charge in [0.25, 0.3) is 0 Å². The van der Waals surface area contributed by atoms with Crippen LogP contribution in [0.25, 0.3) is 0 Å². The zero-order chi connectivity index (χ0) is 10.7. The molecule has 0 spiro atoms. The molecule has 1 saturated heterocycles. The molecule has 0 aromatic carbocycles. The summed E-state index contributed by atoms with van der Waals surface area (Å²) in [4.78, 5) is 6.55. The number of hydrogen-bond acceptors (Lipinski definition) is 3. The van der Waals surface area contributed by atoms with Crippen LogP contribution in [-0.4, -0.2) is 23.9 Å². The Balaban J connectivity index is 0.00000128. The Labute approximate surface area is 102 Å².